The van der Waals surface area contributed by atoms with Gasteiger partial charge in [0.05, 0.1) is 24.6 Å². The molecule has 8 heteroatoms. The van der Waals surface area contributed by atoms with Crippen molar-refractivity contribution in [2.24, 2.45) is 7.05 Å². The molecule has 0 amide bonds. The number of fused-ring (bicyclic) bond motifs is 3. The fraction of sp³-hybridized carbons (Fsp3) is 0.348. The Morgan fingerprint density at radius 3 is 2.45 bits per heavy atom. The van der Waals surface area contributed by atoms with Crippen LogP contribution in [0.5, 0.6) is 5.75 Å². The molecule has 1 aliphatic rings. The van der Waals surface area contributed by atoms with Gasteiger partial charge in [0.1, 0.15) is 5.75 Å². The number of hydrogen-bond donors (Lipinski definition) is 0. The average Bonchev–Trinajstić information content (AvgIpc) is 3.22. The molecule has 1 aliphatic heterocycles. The molecule has 160 valence electrons. The minimum Gasteiger partial charge on any atom is -0.497 e. The Bertz CT molecular complexity index is 1300. The van der Waals surface area contributed by atoms with Crippen LogP contribution in [-0.4, -0.2) is 57.4 Å². The summed E-state index contributed by atoms with van der Waals surface area (Å²) in [7, 11) is 3.44. The van der Waals surface area contributed by atoms with Crippen LogP contribution in [0.2, 0.25) is 0 Å². The molecule has 0 atom stereocenters. The maximum Gasteiger partial charge on any atom is 0.262 e. The van der Waals surface area contributed by atoms with E-state index in [0.717, 1.165) is 48.8 Å². The minimum atomic E-state index is -0.0433. The van der Waals surface area contributed by atoms with E-state index in [1.54, 1.807) is 18.7 Å². The molecule has 2 aromatic carbocycles. The maximum absolute atomic E-state index is 12.8. The summed E-state index contributed by atoms with van der Waals surface area (Å²) in [6.45, 7) is 6.45. The lowest BCUT2D eigenvalue weighted by molar-refractivity contribution is 0.243. The van der Waals surface area contributed by atoms with Gasteiger partial charge in [-0.25, -0.2) is 0 Å². The molecule has 1 saturated heterocycles. The van der Waals surface area contributed by atoms with E-state index in [4.69, 9.17) is 4.74 Å². The van der Waals surface area contributed by atoms with E-state index in [1.165, 1.54) is 5.69 Å². The van der Waals surface area contributed by atoms with Gasteiger partial charge in [-0.15, -0.1) is 10.2 Å². The number of ether oxygens (including phenoxy) is 1. The van der Waals surface area contributed by atoms with E-state index >= 15 is 0 Å². The van der Waals surface area contributed by atoms with Crippen molar-refractivity contribution in [2.45, 2.75) is 13.5 Å². The lowest BCUT2D eigenvalue weighted by Gasteiger charge is -2.35. The first-order chi connectivity index (χ1) is 15.0. The van der Waals surface area contributed by atoms with Crippen molar-refractivity contribution in [2.75, 3.05) is 38.2 Å². The Hall–Kier alpha value is -3.39. The van der Waals surface area contributed by atoms with Crippen LogP contribution in [0.1, 0.15) is 11.4 Å². The van der Waals surface area contributed by atoms with E-state index in [0.29, 0.717) is 17.7 Å². The van der Waals surface area contributed by atoms with E-state index in [9.17, 15) is 4.79 Å². The number of rotatable bonds is 4. The second kappa shape index (κ2) is 7.70. The highest BCUT2D eigenvalue weighted by Crippen LogP contribution is 2.22. The Labute approximate surface area is 180 Å². The summed E-state index contributed by atoms with van der Waals surface area (Å²) >= 11 is 0. The number of nitrogens with zero attached hydrogens (tertiary/aromatic N) is 6. The van der Waals surface area contributed by atoms with Crippen molar-refractivity contribution in [3.05, 3.63) is 64.2 Å². The van der Waals surface area contributed by atoms with Gasteiger partial charge in [0.2, 0.25) is 5.78 Å². The quantitative estimate of drug-likeness (QED) is 0.506. The second-order valence-corrected chi connectivity index (χ2v) is 8.10. The van der Waals surface area contributed by atoms with Crippen molar-refractivity contribution >= 4 is 22.4 Å². The fourth-order valence-corrected chi connectivity index (χ4v) is 4.32. The van der Waals surface area contributed by atoms with Gasteiger partial charge in [0.25, 0.3) is 5.56 Å². The summed E-state index contributed by atoms with van der Waals surface area (Å²) in [5.74, 6) is 2.31. The molecule has 31 heavy (non-hydrogen) atoms. The molecule has 5 rings (SSSR count). The maximum atomic E-state index is 12.8. The molecule has 0 radical (unpaired) electrons. The van der Waals surface area contributed by atoms with Crippen LogP contribution in [0.25, 0.3) is 16.7 Å². The molecule has 0 spiro atoms. The molecular weight excluding hydrogens is 392 g/mol. The first-order valence-corrected chi connectivity index (χ1v) is 10.5. The zero-order valence-electron chi connectivity index (χ0n) is 18.1. The molecular formula is C23H26N6O2. The van der Waals surface area contributed by atoms with Crippen LogP contribution in [0.3, 0.4) is 0 Å². The summed E-state index contributed by atoms with van der Waals surface area (Å²) in [6.07, 6.45) is 0. The Morgan fingerprint density at radius 1 is 1.00 bits per heavy atom. The molecule has 0 N–H and O–H groups in total. The highest BCUT2D eigenvalue weighted by Gasteiger charge is 2.21. The Morgan fingerprint density at radius 2 is 1.74 bits per heavy atom. The number of hydrogen-bond acceptors (Lipinski definition) is 6. The Balaban J connectivity index is 1.39. The van der Waals surface area contributed by atoms with Gasteiger partial charge in [-0.2, -0.15) is 0 Å². The van der Waals surface area contributed by atoms with E-state index in [-0.39, 0.29) is 5.56 Å². The van der Waals surface area contributed by atoms with E-state index in [1.807, 2.05) is 41.7 Å². The van der Waals surface area contributed by atoms with Gasteiger partial charge in [-0.1, -0.05) is 11.6 Å². The first kappa shape index (κ1) is 19.6. The molecule has 4 aromatic rings. The number of aryl methyl sites for hydroxylation is 2. The van der Waals surface area contributed by atoms with Crippen LogP contribution in [0, 0.1) is 6.92 Å². The van der Waals surface area contributed by atoms with Gasteiger partial charge in [0, 0.05) is 38.9 Å². The minimum absolute atomic E-state index is 0.0433. The molecule has 0 aliphatic carbocycles. The van der Waals surface area contributed by atoms with Gasteiger partial charge in [-0.05, 0) is 43.3 Å². The normalized spacial score (nSPS) is 15.1. The summed E-state index contributed by atoms with van der Waals surface area (Å²) in [6, 6.07) is 14.2. The predicted molar refractivity (Wildman–Crippen MR) is 121 cm³/mol. The molecule has 0 saturated carbocycles. The van der Waals surface area contributed by atoms with Crippen LogP contribution >= 0.6 is 0 Å². The molecule has 0 bridgehead atoms. The SMILES string of the molecule is COc1ccc(N2CCN(Cc3nnc4n(C)c(=O)c5cc(C)ccc5n34)CC2)cc1. The van der Waals surface area contributed by atoms with Crippen LogP contribution in [0.4, 0.5) is 5.69 Å². The Kier molecular flexibility index (Phi) is 4.86. The third kappa shape index (κ3) is 3.42. The van der Waals surface area contributed by atoms with Crippen molar-refractivity contribution < 1.29 is 4.74 Å². The molecule has 8 nitrogen and oxygen atoms in total. The predicted octanol–water partition coefficient (Wildman–Crippen LogP) is 2.22. The van der Waals surface area contributed by atoms with Crippen LogP contribution in [0.15, 0.2) is 47.3 Å². The van der Waals surface area contributed by atoms with Crippen molar-refractivity contribution in [1.29, 1.82) is 0 Å². The summed E-state index contributed by atoms with van der Waals surface area (Å²) in [4.78, 5) is 17.5. The smallest absolute Gasteiger partial charge is 0.262 e. The second-order valence-electron chi connectivity index (χ2n) is 8.10. The van der Waals surface area contributed by atoms with Gasteiger partial charge >= 0.3 is 0 Å². The first-order valence-electron chi connectivity index (χ1n) is 10.5. The number of anilines is 1. The number of aromatic nitrogens is 4. The summed E-state index contributed by atoms with van der Waals surface area (Å²) in [5.41, 5.74) is 3.09. The average molecular weight is 419 g/mol. The highest BCUT2D eigenvalue weighted by atomic mass is 16.5. The van der Waals surface area contributed by atoms with Crippen LogP contribution < -0.4 is 15.2 Å². The lowest BCUT2D eigenvalue weighted by Crippen LogP contribution is -2.46. The highest BCUT2D eigenvalue weighted by molar-refractivity contribution is 5.81. The molecule has 2 aromatic heterocycles. The zero-order chi connectivity index (χ0) is 21.5. The van der Waals surface area contributed by atoms with Gasteiger partial charge < -0.3 is 9.64 Å². The molecule has 1 fully saturated rings. The largest absolute Gasteiger partial charge is 0.497 e. The topological polar surface area (TPSA) is 67.9 Å². The van der Waals surface area contributed by atoms with Gasteiger partial charge in [0.15, 0.2) is 5.82 Å². The van der Waals surface area contributed by atoms with Gasteiger partial charge in [-0.3, -0.25) is 18.7 Å². The summed E-state index contributed by atoms with van der Waals surface area (Å²) in [5, 5.41) is 9.46. The van der Waals surface area contributed by atoms with E-state index in [2.05, 4.69) is 32.1 Å². The van der Waals surface area contributed by atoms with E-state index < -0.39 is 0 Å². The molecule has 3 heterocycles. The monoisotopic (exact) mass is 418 g/mol. The number of methoxy groups -OCH3 is 1. The lowest BCUT2D eigenvalue weighted by atomic mass is 10.1. The van der Waals surface area contributed by atoms with Crippen molar-refractivity contribution in [3.8, 4) is 5.75 Å². The third-order valence-electron chi connectivity index (χ3n) is 6.12. The van der Waals surface area contributed by atoms with Crippen molar-refractivity contribution in [3.63, 3.8) is 0 Å². The standard InChI is InChI=1S/C23H26N6O2/c1-16-4-9-20-19(14-16)22(30)26(2)23-25-24-21(29(20)23)15-27-10-12-28(13-11-27)17-5-7-18(31-3)8-6-17/h4-9,14H,10-13,15H2,1-3H3. The number of piperazine rings is 1. The fourth-order valence-electron chi connectivity index (χ4n) is 4.32. The third-order valence-corrected chi connectivity index (χ3v) is 6.12. The number of benzene rings is 2. The van der Waals surface area contributed by atoms with Crippen molar-refractivity contribution in [1.82, 2.24) is 24.1 Å². The van der Waals surface area contributed by atoms with Crippen LogP contribution in [-0.2, 0) is 13.6 Å². The molecule has 0 unspecified atom stereocenters. The zero-order valence-corrected chi connectivity index (χ0v) is 18.1. The summed E-state index contributed by atoms with van der Waals surface area (Å²) < 4.78 is 8.86.